The molecule has 0 radical (unpaired) electrons. The van der Waals surface area contributed by atoms with Crippen LogP contribution in [-0.4, -0.2) is 38.1 Å². The molecule has 4 aliphatic carbocycles. The maximum absolute atomic E-state index is 11.9. The van der Waals surface area contributed by atoms with Gasteiger partial charge in [0.15, 0.2) is 0 Å². The van der Waals surface area contributed by atoms with Crippen LogP contribution in [0.3, 0.4) is 0 Å². The Kier molecular flexibility index (Phi) is 3.13. The lowest BCUT2D eigenvalue weighted by Crippen LogP contribution is -2.51. The Labute approximate surface area is 110 Å². The highest BCUT2D eigenvalue weighted by molar-refractivity contribution is 5.77. The van der Waals surface area contributed by atoms with E-state index in [9.17, 15) is 4.79 Å². The van der Waals surface area contributed by atoms with E-state index in [1.54, 1.807) is 7.11 Å². The van der Waals surface area contributed by atoms with Crippen molar-refractivity contribution >= 4 is 5.91 Å². The predicted octanol–water partition coefficient (Wildman–Crippen LogP) is 2.31. The first kappa shape index (κ1) is 12.5. The number of hydrogen-bond acceptors (Lipinski definition) is 2. The van der Waals surface area contributed by atoms with Gasteiger partial charge in [0.05, 0.1) is 0 Å². The highest BCUT2D eigenvalue weighted by Crippen LogP contribution is 2.60. The van der Waals surface area contributed by atoms with E-state index in [1.165, 1.54) is 38.5 Å². The maximum Gasteiger partial charge on any atom is 0.248 e. The van der Waals surface area contributed by atoms with Crippen LogP contribution in [-0.2, 0) is 9.53 Å². The Hall–Kier alpha value is -0.570. The highest BCUT2D eigenvalue weighted by atomic mass is 16.5. The summed E-state index contributed by atoms with van der Waals surface area (Å²) in [5.74, 6) is 3.01. The lowest BCUT2D eigenvalue weighted by Gasteiger charge is -2.57. The summed E-state index contributed by atoms with van der Waals surface area (Å²) >= 11 is 0. The molecule has 4 bridgehead atoms. The molecule has 0 aliphatic heterocycles. The summed E-state index contributed by atoms with van der Waals surface area (Å²) in [4.78, 5) is 13.8. The van der Waals surface area contributed by atoms with Crippen molar-refractivity contribution < 1.29 is 9.53 Å². The number of nitrogens with zero attached hydrogens (tertiary/aromatic N) is 1. The number of carbonyl (C=O) groups is 1. The zero-order valence-corrected chi connectivity index (χ0v) is 11.7. The van der Waals surface area contributed by atoms with Crippen LogP contribution in [0.4, 0.5) is 0 Å². The number of carbonyl (C=O) groups excluding carboxylic acids is 1. The molecule has 0 saturated heterocycles. The molecule has 0 aromatic carbocycles. The summed E-state index contributed by atoms with van der Waals surface area (Å²) in [7, 11) is 3.54. The van der Waals surface area contributed by atoms with Crippen LogP contribution in [0.25, 0.3) is 0 Å². The summed E-state index contributed by atoms with van der Waals surface area (Å²) in [6.07, 6.45) is 8.50. The van der Waals surface area contributed by atoms with Gasteiger partial charge in [0.2, 0.25) is 5.91 Å². The van der Waals surface area contributed by atoms with Gasteiger partial charge in [-0.1, -0.05) is 0 Å². The first-order valence-corrected chi connectivity index (χ1v) is 7.33. The van der Waals surface area contributed by atoms with Crippen molar-refractivity contribution in [2.45, 2.75) is 38.5 Å². The molecule has 4 saturated carbocycles. The van der Waals surface area contributed by atoms with Crippen molar-refractivity contribution in [3.05, 3.63) is 0 Å². The number of methoxy groups -OCH3 is 1. The van der Waals surface area contributed by atoms with Gasteiger partial charge in [0, 0.05) is 20.7 Å². The molecule has 0 spiro atoms. The van der Waals surface area contributed by atoms with Gasteiger partial charge in [-0.2, -0.15) is 0 Å². The molecular weight excluding hydrogens is 226 g/mol. The summed E-state index contributed by atoms with van der Waals surface area (Å²) in [6, 6.07) is 0. The standard InChI is InChI=1S/C15H25NO2/c1-16(14(17)9-18-2)10-15-6-11-3-12(7-15)5-13(4-11)8-15/h11-13H,3-10H2,1-2H3. The largest absolute Gasteiger partial charge is 0.375 e. The summed E-state index contributed by atoms with van der Waals surface area (Å²) in [5.41, 5.74) is 0.451. The van der Waals surface area contributed by atoms with Gasteiger partial charge in [0.25, 0.3) is 0 Å². The third-order valence-corrected chi connectivity index (χ3v) is 5.43. The minimum atomic E-state index is 0.133. The monoisotopic (exact) mass is 251 g/mol. The Bertz CT molecular complexity index is 304. The van der Waals surface area contributed by atoms with Crippen LogP contribution in [0.15, 0.2) is 0 Å². The van der Waals surface area contributed by atoms with Crippen LogP contribution in [0.2, 0.25) is 0 Å². The zero-order valence-electron chi connectivity index (χ0n) is 11.7. The fourth-order valence-corrected chi connectivity index (χ4v) is 5.31. The molecule has 3 nitrogen and oxygen atoms in total. The quantitative estimate of drug-likeness (QED) is 0.767. The Morgan fingerprint density at radius 1 is 1.17 bits per heavy atom. The number of ether oxygens (including phenoxy) is 1. The number of hydrogen-bond donors (Lipinski definition) is 0. The molecule has 0 unspecified atom stereocenters. The van der Waals surface area contributed by atoms with Crippen molar-refractivity contribution in [2.75, 3.05) is 27.3 Å². The van der Waals surface area contributed by atoms with Gasteiger partial charge in [-0.25, -0.2) is 0 Å². The van der Waals surface area contributed by atoms with E-state index in [-0.39, 0.29) is 12.5 Å². The van der Waals surface area contributed by atoms with E-state index in [0.717, 1.165) is 24.3 Å². The predicted molar refractivity (Wildman–Crippen MR) is 70.1 cm³/mol. The molecule has 4 rings (SSSR count). The SMILES string of the molecule is COCC(=O)N(C)CC12CC3CC(CC(C3)C1)C2. The topological polar surface area (TPSA) is 29.5 Å². The fraction of sp³-hybridized carbons (Fsp3) is 0.933. The third kappa shape index (κ3) is 2.18. The minimum absolute atomic E-state index is 0.133. The van der Waals surface area contributed by atoms with E-state index >= 15 is 0 Å². The van der Waals surface area contributed by atoms with Gasteiger partial charge >= 0.3 is 0 Å². The molecule has 4 aliphatic rings. The fourth-order valence-electron chi connectivity index (χ4n) is 5.31. The Balaban J connectivity index is 1.66. The molecule has 3 heteroatoms. The second-order valence-electron chi connectivity index (χ2n) is 7.10. The molecule has 102 valence electrons. The molecule has 0 atom stereocenters. The van der Waals surface area contributed by atoms with Crippen molar-refractivity contribution in [2.24, 2.45) is 23.2 Å². The second kappa shape index (κ2) is 4.52. The lowest BCUT2D eigenvalue weighted by atomic mass is 9.49. The molecule has 0 heterocycles. The van der Waals surface area contributed by atoms with Gasteiger partial charge in [-0.15, -0.1) is 0 Å². The molecule has 1 amide bonds. The molecule has 0 N–H and O–H groups in total. The first-order valence-electron chi connectivity index (χ1n) is 7.33. The van der Waals surface area contributed by atoms with Crippen molar-refractivity contribution in [1.82, 2.24) is 4.90 Å². The molecule has 4 fully saturated rings. The van der Waals surface area contributed by atoms with E-state index in [1.807, 2.05) is 11.9 Å². The first-order chi connectivity index (χ1) is 8.60. The normalized spacial score (nSPS) is 41.1. The van der Waals surface area contributed by atoms with E-state index in [2.05, 4.69) is 0 Å². The Morgan fingerprint density at radius 2 is 1.67 bits per heavy atom. The molecular formula is C15H25NO2. The lowest BCUT2D eigenvalue weighted by molar-refractivity contribution is -0.139. The Morgan fingerprint density at radius 3 is 2.11 bits per heavy atom. The van der Waals surface area contributed by atoms with Crippen LogP contribution < -0.4 is 0 Å². The maximum atomic E-state index is 11.9. The van der Waals surface area contributed by atoms with E-state index in [4.69, 9.17) is 4.74 Å². The van der Waals surface area contributed by atoms with E-state index in [0.29, 0.717) is 5.41 Å². The van der Waals surface area contributed by atoms with Crippen molar-refractivity contribution in [1.29, 1.82) is 0 Å². The highest BCUT2D eigenvalue weighted by Gasteiger charge is 2.51. The van der Waals surface area contributed by atoms with Gasteiger partial charge in [0.1, 0.15) is 6.61 Å². The molecule has 18 heavy (non-hydrogen) atoms. The van der Waals surface area contributed by atoms with Gasteiger partial charge in [-0.3, -0.25) is 4.79 Å². The summed E-state index contributed by atoms with van der Waals surface area (Å²) in [5, 5.41) is 0. The number of rotatable bonds is 4. The van der Waals surface area contributed by atoms with Crippen LogP contribution in [0.5, 0.6) is 0 Å². The van der Waals surface area contributed by atoms with Crippen LogP contribution in [0, 0.1) is 23.2 Å². The van der Waals surface area contributed by atoms with Crippen LogP contribution >= 0.6 is 0 Å². The molecule has 0 aromatic heterocycles. The van der Waals surface area contributed by atoms with Crippen molar-refractivity contribution in [3.8, 4) is 0 Å². The minimum Gasteiger partial charge on any atom is -0.375 e. The smallest absolute Gasteiger partial charge is 0.248 e. The average molecular weight is 251 g/mol. The number of amides is 1. The van der Waals surface area contributed by atoms with E-state index < -0.39 is 0 Å². The van der Waals surface area contributed by atoms with Gasteiger partial charge in [-0.05, 0) is 61.7 Å². The summed E-state index contributed by atoms with van der Waals surface area (Å²) in [6.45, 7) is 1.18. The number of likely N-dealkylation sites (N-methyl/N-ethyl adjacent to an activating group) is 1. The van der Waals surface area contributed by atoms with Crippen molar-refractivity contribution in [3.63, 3.8) is 0 Å². The zero-order chi connectivity index (χ0) is 12.8. The average Bonchev–Trinajstić information content (AvgIpc) is 2.26. The second-order valence-corrected chi connectivity index (χ2v) is 7.10. The third-order valence-electron chi connectivity index (χ3n) is 5.43. The van der Waals surface area contributed by atoms with Gasteiger partial charge < -0.3 is 9.64 Å². The summed E-state index contributed by atoms with van der Waals surface area (Å²) < 4.78 is 4.95. The molecule has 0 aromatic rings. The van der Waals surface area contributed by atoms with Crippen LogP contribution in [0.1, 0.15) is 38.5 Å².